The van der Waals surface area contributed by atoms with E-state index < -0.39 is 6.04 Å². The minimum atomic E-state index is -0.552. The summed E-state index contributed by atoms with van der Waals surface area (Å²) >= 11 is 1.68. The highest BCUT2D eigenvalue weighted by Gasteiger charge is 2.31. The molecule has 0 saturated heterocycles. The van der Waals surface area contributed by atoms with Gasteiger partial charge in [0.2, 0.25) is 11.8 Å². The van der Waals surface area contributed by atoms with E-state index in [9.17, 15) is 9.59 Å². The maximum absolute atomic E-state index is 13.7. The van der Waals surface area contributed by atoms with Gasteiger partial charge in [-0.15, -0.1) is 11.8 Å². The number of nitrogens with zero attached hydrogens (tertiary/aromatic N) is 1. The van der Waals surface area contributed by atoms with Crippen LogP contribution in [0.2, 0.25) is 0 Å². The number of rotatable bonds is 11. The van der Waals surface area contributed by atoms with Crippen LogP contribution in [0.25, 0.3) is 0 Å². The molecule has 0 spiro atoms. The average Bonchev–Trinajstić information content (AvgIpc) is 2.93. The van der Waals surface area contributed by atoms with Crippen molar-refractivity contribution in [1.29, 1.82) is 0 Å². The van der Waals surface area contributed by atoms with Gasteiger partial charge in [0.1, 0.15) is 6.04 Å². The van der Waals surface area contributed by atoms with Crippen molar-refractivity contribution in [2.45, 2.75) is 68.5 Å². The van der Waals surface area contributed by atoms with Gasteiger partial charge in [0.15, 0.2) is 0 Å². The summed E-state index contributed by atoms with van der Waals surface area (Å²) in [6.07, 6.45) is 6.46. The number of hydrogen-bond donors (Lipinski definition) is 1. The van der Waals surface area contributed by atoms with Gasteiger partial charge < -0.3 is 10.2 Å². The summed E-state index contributed by atoms with van der Waals surface area (Å²) in [6, 6.07) is 29.8. The van der Waals surface area contributed by atoms with Crippen molar-refractivity contribution in [3.05, 3.63) is 102 Å². The fourth-order valence-corrected chi connectivity index (χ4v) is 5.66. The van der Waals surface area contributed by atoms with E-state index >= 15 is 0 Å². The van der Waals surface area contributed by atoms with E-state index in [1.807, 2.05) is 83.8 Å². The van der Waals surface area contributed by atoms with Crippen molar-refractivity contribution >= 4 is 23.6 Å². The minimum Gasteiger partial charge on any atom is -0.352 e. The molecule has 3 aromatic carbocycles. The normalized spacial score (nSPS) is 14.7. The van der Waals surface area contributed by atoms with Crippen LogP contribution < -0.4 is 5.32 Å². The molecule has 4 rings (SSSR count). The molecule has 1 aliphatic rings. The SMILES string of the molecule is O=C(NC1CCCCC1)C(Cc1ccccc1)N(Cc1ccccc1)C(=O)CCSc1ccccc1. The van der Waals surface area contributed by atoms with Gasteiger partial charge >= 0.3 is 0 Å². The molecule has 1 fully saturated rings. The van der Waals surface area contributed by atoms with Gasteiger partial charge in [-0.25, -0.2) is 0 Å². The molecule has 3 aromatic rings. The van der Waals surface area contributed by atoms with Crippen LogP contribution in [0, 0.1) is 0 Å². The second kappa shape index (κ2) is 13.9. The summed E-state index contributed by atoms with van der Waals surface area (Å²) < 4.78 is 0. The molecule has 5 heteroatoms. The third kappa shape index (κ3) is 7.99. The number of benzene rings is 3. The summed E-state index contributed by atoms with van der Waals surface area (Å²) in [7, 11) is 0. The number of hydrogen-bond acceptors (Lipinski definition) is 3. The van der Waals surface area contributed by atoms with Crippen molar-refractivity contribution in [3.8, 4) is 0 Å². The first-order chi connectivity index (χ1) is 17.7. The van der Waals surface area contributed by atoms with E-state index in [1.165, 1.54) is 6.42 Å². The molecule has 1 atom stereocenters. The molecular formula is C31H36N2O2S. The van der Waals surface area contributed by atoms with Crippen molar-refractivity contribution < 1.29 is 9.59 Å². The standard InChI is InChI=1S/C31H36N2O2S/c34-30(21-22-36-28-19-11-4-12-20-28)33(24-26-15-7-2-8-16-26)29(23-25-13-5-1-6-14-25)31(35)32-27-17-9-3-10-18-27/h1-2,4-8,11-16,19-20,27,29H,3,9-10,17-18,21-24H2,(H,32,35). The van der Waals surface area contributed by atoms with Gasteiger partial charge in [-0.3, -0.25) is 9.59 Å². The summed E-state index contributed by atoms with van der Waals surface area (Å²) in [5, 5.41) is 3.30. The second-order valence-electron chi connectivity index (χ2n) is 9.47. The molecular weight excluding hydrogens is 464 g/mol. The van der Waals surface area contributed by atoms with Gasteiger partial charge in [0.25, 0.3) is 0 Å². The molecule has 2 amide bonds. The lowest BCUT2D eigenvalue weighted by Crippen LogP contribution is -2.52. The Labute approximate surface area is 219 Å². The Bertz CT molecular complexity index is 1070. The number of nitrogens with one attached hydrogen (secondary N) is 1. The van der Waals surface area contributed by atoms with Gasteiger partial charge in [-0.1, -0.05) is 98.1 Å². The zero-order valence-corrected chi connectivity index (χ0v) is 21.7. The lowest BCUT2D eigenvalue weighted by atomic mass is 9.94. The fourth-order valence-electron chi connectivity index (χ4n) is 4.79. The summed E-state index contributed by atoms with van der Waals surface area (Å²) in [4.78, 5) is 30.4. The van der Waals surface area contributed by atoms with Gasteiger partial charge in [-0.2, -0.15) is 0 Å². The van der Waals surface area contributed by atoms with Crippen LogP contribution in [0.1, 0.15) is 49.7 Å². The first kappa shape index (κ1) is 26.0. The lowest BCUT2D eigenvalue weighted by molar-refractivity contribution is -0.141. The Morgan fingerprint density at radius 2 is 1.39 bits per heavy atom. The van der Waals surface area contributed by atoms with E-state index in [4.69, 9.17) is 0 Å². The van der Waals surface area contributed by atoms with Crippen molar-refractivity contribution in [1.82, 2.24) is 10.2 Å². The molecule has 1 saturated carbocycles. The Kier molecular flexibility index (Phi) is 10.0. The molecule has 0 aromatic heterocycles. The smallest absolute Gasteiger partial charge is 0.243 e. The van der Waals surface area contributed by atoms with Crippen LogP contribution in [0.3, 0.4) is 0 Å². The highest BCUT2D eigenvalue weighted by atomic mass is 32.2. The zero-order chi connectivity index (χ0) is 25.0. The van der Waals surface area contributed by atoms with E-state index in [1.54, 1.807) is 11.8 Å². The predicted octanol–water partition coefficient (Wildman–Crippen LogP) is 6.26. The molecule has 188 valence electrons. The largest absolute Gasteiger partial charge is 0.352 e. The Balaban J connectivity index is 1.54. The molecule has 1 N–H and O–H groups in total. The highest BCUT2D eigenvalue weighted by molar-refractivity contribution is 7.99. The quantitative estimate of drug-likeness (QED) is 0.316. The molecule has 1 unspecified atom stereocenters. The van der Waals surface area contributed by atoms with Gasteiger partial charge in [-0.05, 0) is 36.1 Å². The zero-order valence-electron chi connectivity index (χ0n) is 20.9. The Hall–Kier alpha value is -3.05. The summed E-state index contributed by atoms with van der Waals surface area (Å²) in [5.74, 6) is 0.656. The number of carbonyl (C=O) groups excluding carboxylic acids is 2. The molecule has 36 heavy (non-hydrogen) atoms. The monoisotopic (exact) mass is 500 g/mol. The first-order valence-electron chi connectivity index (χ1n) is 13.0. The maximum Gasteiger partial charge on any atom is 0.243 e. The van der Waals surface area contributed by atoms with Crippen molar-refractivity contribution in [3.63, 3.8) is 0 Å². The van der Waals surface area contributed by atoms with Crippen molar-refractivity contribution in [2.75, 3.05) is 5.75 Å². The topological polar surface area (TPSA) is 49.4 Å². The predicted molar refractivity (Wildman–Crippen MR) is 148 cm³/mol. The van der Waals surface area contributed by atoms with Crippen molar-refractivity contribution in [2.24, 2.45) is 0 Å². The lowest BCUT2D eigenvalue weighted by Gasteiger charge is -2.33. The van der Waals surface area contributed by atoms with Crippen LogP contribution in [0.4, 0.5) is 0 Å². The van der Waals surface area contributed by atoms with Crippen LogP contribution >= 0.6 is 11.8 Å². The fraction of sp³-hybridized carbons (Fsp3) is 0.355. The Morgan fingerprint density at radius 3 is 2.03 bits per heavy atom. The summed E-state index contributed by atoms with van der Waals surface area (Å²) in [6.45, 7) is 0.422. The van der Waals surface area contributed by atoms with E-state index in [-0.39, 0.29) is 17.9 Å². The molecule has 1 aliphatic carbocycles. The average molecular weight is 501 g/mol. The molecule has 0 heterocycles. The van der Waals surface area contributed by atoms with Crippen LogP contribution in [-0.2, 0) is 22.6 Å². The number of thioether (sulfide) groups is 1. The van der Waals surface area contributed by atoms with Crippen LogP contribution in [0.5, 0.6) is 0 Å². The number of carbonyl (C=O) groups is 2. The maximum atomic E-state index is 13.7. The third-order valence-electron chi connectivity index (χ3n) is 6.75. The molecule has 0 radical (unpaired) electrons. The molecule has 0 aliphatic heterocycles. The second-order valence-corrected chi connectivity index (χ2v) is 10.6. The van der Waals surface area contributed by atoms with Gasteiger partial charge in [0, 0.05) is 36.1 Å². The van der Waals surface area contributed by atoms with E-state index in [0.29, 0.717) is 25.1 Å². The van der Waals surface area contributed by atoms with Gasteiger partial charge in [0.05, 0.1) is 0 Å². The number of amides is 2. The van der Waals surface area contributed by atoms with E-state index in [2.05, 4.69) is 17.4 Å². The minimum absolute atomic E-state index is 0.0157. The first-order valence-corrected chi connectivity index (χ1v) is 14.0. The molecule has 0 bridgehead atoms. The van der Waals surface area contributed by atoms with Crippen LogP contribution in [-0.4, -0.2) is 34.6 Å². The third-order valence-corrected chi connectivity index (χ3v) is 7.76. The van der Waals surface area contributed by atoms with Crippen LogP contribution in [0.15, 0.2) is 95.9 Å². The van der Waals surface area contributed by atoms with E-state index in [0.717, 1.165) is 41.7 Å². The summed E-state index contributed by atoms with van der Waals surface area (Å²) in [5.41, 5.74) is 2.09. The Morgan fingerprint density at radius 1 is 0.806 bits per heavy atom. The highest BCUT2D eigenvalue weighted by Crippen LogP contribution is 2.22. The molecule has 4 nitrogen and oxygen atoms in total.